The Labute approximate surface area is 115 Å². The molecule has 0 aliphatic carbocycles. The van der Waals surface area contributed by atoms with Crippen molar-refractivity contribution in [3.63, 3.8) is 0 Å². The van der Waals surface area contributed by atoms with Crippen LogP contribution in [0.2, 0.25) is 0 Å². The highest BCUT2D eigenvalue weighted by molar-refractivity contribution is 5.73. The van der Waals surface area contributed by atoms with Crippen LogP contribution in [0.4, 0.5) is 0 Å². The highest BCUT2D eigenvalue weighted by atomic mass is 16.4. The van der Waals surface area contributed by atoms with Crippen LogP contribution in [0.15, 0.2) is 51.7 Å². The minimum absolute atomic E-state index is 0.366. The third kappa shape index (κ3) is 2.10. The van der Waals surface area contributed by atoms with Crippen molar-refractivity contribution < 1.29 is 4.42 Å². The highest BCUT2D eigenvalue weighted by Crippen LogP contribution is 2.16. The minimum atomic E-state index is -0.366. The Kier molecular flexibility index (Phi) is 2.88. The molecule has 0 fully saturated rings. The maximum absolute atomic E-state index is 11.9. The Morgan fingerprint density at radius 1 is 1.20 bits per heavy atom. The summed E-state index contributed by atoms with van der Waals surface area (Å²) >= 11 is 0. The van der Waals surface area contributed by atoms with Crippen molar-refractivity contribution in [3.05, 3.63) is 69.7 Å². The van der Waals surface area contributed by atoms with Crippen LogP contribution in [-0.2, 0) is 6.54 Å². The van der Waals surface area contributed by atoms with E-state index in [0.717, 1.165) is 16.6 Å². The van der Waals surface area contributed by atoms with Gasteiger partial charge in [-0.2, -0.15) is 5.26 Å². The maximum Gasteiger partial charge on any atom is 0.420 e. The molecule has 0 radical (unpaired) electrons. The summed E-state index contributed by atoms with van der Waals surface area (Å²) in [5.74, 6) is -0.366. The van der Waals surface area contributed by atoms with Gasteiger partial charge >= 0.3 is 5.76 Å². The molecule has 0 saturated carbocycles. The third-order valence-corrected chi connectivity index (χ3v) is 3.25. The topological polar surface area (TPSA) is 58.9 Å². The van der Waals surface area contributed by atoms with Crippen LogP contribution in [0, 0.1) is 18.3 Å². The van der Waals surface area contributed by atoms with E-state index < -0.39 is 0 Å². The molecule has 0 atom stereocenters. The van der Waals surface area contributed by atoms with Gasteiger partial charge in [0.05, 0.1) is 23.7 Å². The zero-order valence-corrected chi connectivity index (χ0v) is 11.0. The SMILES string of the molecule is Cc1ccc2c(c1)oc(=O)n2Cc1ccc(C#N)cc1. The summed E-state index contributed by atoms with van der Waals surface area (Å²) in [6.45, 7) is 2.39. The fourth-order valence-electron chi connectivity index (χ4n) is 2.19. The zero-order chi connectivity index (χ0) is 14.1. The summed E-state index contributed by atoms with van der Waals surface area (Å²) in [5, 5.41) is 8.78. The lowest BCUT2D eigenvalue weighted by atomic mass is 10.1. The van der Waals surface area contributed by atoms with Gasteiger partial charge in [0.2, 0.25) is 0 Å². The van der Waals surface area contributed by atoms with E-state index >= 15 is 0 Å². The van der Waals surface area contributed by atoms with Gasteiger partial charge in [-0.15, -0.1) is 0 Å². The fourth-order valence-corrected chi connectivity index (χ4v) is 2.19. The van der Waals surface area contributed by atoms with Crippen LogP contribution >= 0.6 is 0 Å². The molecule has 3 rings (SSSR count). The third-order valence-electron chi connectivity index (χ3n) is 3.25. The number of fused-ring (bicyclic) bond motifs is 1. The predicted octanol–water partition coefficient (Wildman–Crippen LogP) is 2.82. The second-order valence-electron chi connectivity index (χ2n) is 4.73. The number of oxazole rings is 1. The average Bonchev–Trinajstić information content (AvgIpc) is 2.75. The molecule has 0 bridgehead atoms. The van der Waals surface area contributed by atoms with E-state index in [9.17, 15) is 4.79 Å². The number of hydrogen-bond donors (Lipinski definition) is 0. The number of rotatable bonds is 2. The molecular formula is C16H12N2O2. The molecule has 3 aromatic rings. The van der Waals surface area contributed by atoms with Crippen molar-refractivity contribution in [2.75, 3.05) is 0 Å². The van der Waals surface area contributed by atoms with Crippen molar-refractivity contribution in [1.82, 2.24) is 4.57 Å². The Morgan fingerprint density at radius 2 is 1.95 bits per heavy atom. The second-order valence-corrected chi connectivity index (χ2v) is 4.73. The maximum atomic E-state index is 11.9. The number of aromatic nitrogens is 1. The normalized spacial score (nSPS) is 10.6. The summed E-state index contributed by atoms with van der Waals surface area (Å²) < 4.78 is 6.85. The lowest BCUT2D eigenvalue weighted by molar-refractivity contribution is 0.517. The first-order valence-corrected chi connectivity index (χ1v) is 6.26. The Hall–Kier alpha value is -2.80. The van der Waals surface area contributed by atoms with Gasteiger partial charge in [0.1, 0.15) is 0 Å². The van der Waals surface area contributed by atoms with E-state index in [-0.39, 0.29) is 5.76 Å². The smallest absolute Gasteiger partial charge is 0.408 e. The first kappa shape index (κ1) is 12.2. The van der Waals surface area contributed by atoms with Gasteiger partial charge in [0, 0.05) is 0 Å². The number of hydrogen-bond acceptors (Lipinski definition) is 3. The summed E-state index contributed by atoms with van der Waals surface area (Å²) in [7, 11) is 0. The van der Waals surface area contributed by atoms with Crippen LogP contribution in [0.3, 0.4) is 0 Å². The zero-order valence-electron chi connectivity index (χ0n) is 11.0. The number of nitrogens with zero attached hydrogens (tertiary/aromatic N) is 2. The first-order valence-electron chi connectivity index (χ1n) is 6.26. The van der Waals surface area contributed by atoms with Gasteiger partial charge in [-0.25, -0.2) is 4.79 Å². The van der Waals surface area contributed by atoms with Gasteiger partial charge < -0.3 is 4.42 Å². The monoisotopic (exact) mass is 264 g/mol. The van der Waals surface area contributed by atoms with Gasteiger partial charge in [-0.3, -0.25) is 4.57 Å². The van der Waals surface area contributed by atoms with Gasteiger partial charge in [-0.05, 0) is 42.3 Å². The van der Waals surface area contributed by atoms with E-state index in [2.05, 4.69) is 6.07 Å². The Morgan fingerprint density at radius 3 is 2.65 bits per heavy atom. The van der Waals surface area contributed by atoms with E-state index in [1.54, 1.807) is 16.7 Å². The Balaban J connectivity index is 2.04. The molecule has 0 spiro atoms. The number of benzene rings is 2. The van der Waals surface area contributed by atoms with Crippen molar-refractivity contribution in [3.8, 4) is 6.07 Å². The van der Waals surface area contributed by atoms with Crippen molar-refractivity contribution in [2.45, 2.75) is 13.5 Å². The predicted molar refractivity (Wildman–Crippen MR) is 75.5 cm³/mol. The molecule has 2 aromatic carbocycles. The molecule has 0 amide bonds. The summed E-state index contributed by atoms with van der Waals surface area (Å²) in [4.78, 5) is 11.9. The highest BCUT2D eigenvalue weighted by Gasteiger charge is 2.09. The average molecular weight is 264 g/mol. The molecule has 20 heavy (non-hydrogen) atoms. The molecule has 1 heterocycles. The number of nitriles is 1. The lowest BCUT2D eigenvalue weighted by Crippen LogP contribution is -2.14. The molecule has 0 N–H and O–H groups in total. The summed E-state index contributed by atoms with van der Waals surface area (Å²) in [6.07, 6.45) is 0. The molecule has 4 nitrogen and oxygen atoms in total. The molecular weight excluding hydrogens is 252 g/mol. The largest absolute Gasteiger partial charge is 0.420 e. The molecule has 4 heteroatoms. The van der Waals surface area contributed by atoms with Crippen molar-refractivity contribution in [1.29, 1.82) is 5.26 Å². The number of aryl methyl sites for hydroxylation is 1. The van der Waals surface area contributed by atoms with Crippen molar-refractivity contribution >= 4 is 11.1 Å². The van der Waals surface area contributed by atoms with E-state index in [1.165, 1.54) is 0 Å². The summed E-state index contributed by atoms with van der Waals surface area (Å²) in [6, 6.07) is 14.9. The first-order chi connectivity index (χ1) is 9.67. The van der Waals surface area contributed by atoms with Crippen molar-refractivity contribution in [2.24, 2.45) is 0 Å². The molecule has 1 aromatic heterocycles. The van der Waals surface area contributed by atoms with Gasteiger partial charge in [0.25, 0.3) is 0 Å². The second kappa shape index (κ2) is 4.71. The van der Waals surface area contributed by atoms with Crippen LogP contribution in [0.25, 0.3) is 11.1 Å². The van der Waals surface area contributed by atoms with E-state index in [4.69, 9.17) is 9.68 Å². The van der Waals surface area contributed by atoms with Crippen LogP contribution in [0.5, 0.6) is 0 Å². The quantitative estimate of drug-likeness (QED) is 0.715. The standard InChI is InChI=1S/C16H12N2O2/c1-11-2-7-14-15(8-11)20-16(19)18(14)10-13-5-3-12(9-17)4-6-13/h2-8H,10H2,1H3. The summed E-state index contributed by atoms with van der Waals surface area (Å²) in [5.41, 5.74) is 3.99. The van der Waals surface area contributed by atoms with Gasteiger partial charge in [-0.1, -0.05) is 18.2 Å². The van der Waals surface area contributed by atoms with Crippen LogP contribution < -0.4 is 5.76 Å². The van der Waals surface area contributed by atoms with E-state index in [0.29, 0.717) is 17.7 Å². The van der Waals surface area contributed by atoms with Crippen LogP contribution in [0.1, 0.15) is 16.7 Å². The molecule has 0 saturated heterocycles. The lowest BCUT2D eigenvalue weighted by Gasteiger charge is -2.03. The Bertz CT molecular complexity index is 864. The molecule has 0 unspecified atom stereocenters. The van der Waals surface area contributed by atoms with Gasteiger partial charge in [0.15, 0.2) is 5.58 Å². The molecule has 0 aliphatic rings. The fraction of sp³-hybridized carbons (Fsp3) is 0.125. The minimum Gasteiger partial charge on any atom is -0.408 e. The van der Waals surface area contributed by atoms with E-state index in [1.807, 2.05) is 37.3 Å². The van der Waals surface area contributed by atoms with Crippen LogP contribution in [-0.4, -0.2) is 4.57 Å². The molecule has 98 valence electrons. The molecule has 0 aliphatic heterocycles.